The van der Waals surface area contributed by atoms with Crippen molar-refractivity contribution in [1.29, 1.82) is 0 Å². The van der Waals surface area contributed by atoms with E-state index < -0.39 is 27.5 Å². The van der Waals surface area contributed by atoms with Crippen molar-refractivity contribution in [3.63, 3.8) is 0 Å². The summed E-state index contributed by atoms with van der Waals surface area (Å²) in [5.41, 5.74) is 0.456. The smallest absolute Gasteiger partial charge is 0.305 e. The molecule has 0 aromatic heterocycles. The van der Waals surface area contributed by atoms with Crippen LogP contribution in [0.1, 0.15) is 28.4 Å². The number of hydrogen-bond donors (Lipinski definition) is 1. The molecule has 0 saturated carbocycles. The van der Waals surface area contributed by atoms with Gasteiger partial charge in [-0.3, -0.25) is 9.52 Å². The van der Waals surface area contributed by atoms with E-state index >= 15 is 0 Å². The number of nitrogens with one attached hydrogen (secondary N) is 1. The van der Waals surface area contributed by atoms with Gasteiger partial charge in [-0.25, -0.2) is 8.42 Å². The van der Waals surface area contributed by atoms with Crippen LogP contribution in [0.4, 0.5) is 24.5 Å². The van der Waals surface area contributed by atoms with E-state index in [0.29, 0.717) is 12.5 Å². The number of rotatable bonds is 4. The van der Waals surface area contributed by atoms with Crippen LogP contribution in [-0.2, 0) is 22.6 Å². The van der Waals surface area contributed by atoms with Crippen molar-refractivity contribution in [2.75, 3.05) is 9.62 Å². The highest BCUT2D eigenvalue weighted by molar-refractivity contribution is 7.92. The Morgan fingerprint density at radius 2 is 1.79 bits per heavy atom. The molecule has 10 heteroatoms. The molecular formula is C23H18ClF3N2O3S. The second kappa shape index (κ2) is 8.39. The Bertz CT molecular complexity index is 1340. The van der Waals surface area contributed by atoms with Crippen LogP contribution in [0.25, 0.3) is 0 Å². The summed E-state index contributed by atoms with van der Waals surface area (Å²) in [6.45, 7) is 1.90. The summed E-state index contributed by atoms with van der Waals surface area (Å²) in [7, 11) is -4.32. The highest BCUT2D eigenvalue weighted by Crippen LogP contribution is 2.35. The van der Waals surface area contributed by atoms with Crippen molar-refractivity contribution in [2.24, 2.45) is 0 Å². The molecule has 3 aromatic carbocycles. The van der Waals surface area contributed by atoms with Crippen LogP contribution in [-0.4, -0.2) is 20.4 Å². The second-order valence-corrected chi connectivity index (χ2v) is 9.77. The van der Waals surface area contributed by atoms with Crippen molar-refractivity contribution < 1.29 is 26.4 Å². The topological polar surface area (TPSA) is 66.5 Å². The molecular weight excluding hydrogens is 477 g/mol. The summed E-state index contributed by atoms with van der Waals surface area (Å²) >= 11 is 5.92. The van der Waals surface area contributed by atoms with E-state index in [-0.39, 0.29) is 27.4 Å². The number of sulfonamides is 1. The van der Waals surface area contributed by atoms with Gasteiger partial charge in [0, 0.05) is 17.3 Å². The standard InChI is InChI=1S/C23H18ClF3N2O3S/c1-14-11-15-5-2-3-8-21(15)29(14)22(30)16-6-4-7-18(12-16)33(31,32)28-20-13-17(23(25,26)27)9-10-19(20)24/h2-10,12-14,28H,11H2,1H3/t14-/m0/s1. The molecule has 4 rings (SSSR count). The van der Waals surface area contributed by atoms with Gasteiger partial charge in [0.1, 0.15) is 0 Å². The van der Waals surface area contributed by atoms with Crippen molar-refractivity contribution >= 4 is 38.9 Å². The molecule has 0 spiro atoms. The zero-order chi connectivity index (χ0) is 24.0. The lowest BCUT2D eigenvalue weighted by Crippen LogP contribution is -2.35. The summed E-state index contributed by atoms with van der Waals surface area (Å²) in [4.78, 5) is 14.6. The Balaban J connectivity index is 1.65. The fourth-order valence-corrected chi connectivity index (χ4v) is 5.13. The fraction of sp³-hybridized carbons (Fsp3) is 0.174. The third kappa shape index (κ3) is 4.56. The monoisotopic (exact) mass is 494 g/mol. The van der Waals surface area contributed by atoms with Gasteiger partial charge in [0.25, 0.3) is 15.9 Å². The molecule has 172 valence electrons. The van der Waals surface area contributed by atoms with Crippen LogP contribution >= 0.6 is 11.6 Å². The highest BCUT2D eigenvalue weighted by atomic mass is 35.5. The summed E-state index contributed by atoms with van der Waals surface area (Å²) in [5, 5.41) is -0.193. The van der Waals surface area contributed by atoms with Gasteiger partial charge in [0.15, 0.2) is 0 Å². The van der Waals surface area contributed by atoms with E-state index in [2.05, 4.69) is 4.72 Å². The van der Waals surface area contributed by atoms with E-state index in [4.69, 9.17) is 11.6 Å². The molecule has 1 aliphatic heterocycles. The summed E-state index contributed by atoms with van der Waals surface area (Å²) in [6, 6.07) is 15.0. The zero-order valence-electron chi connectivity index (χ0n) is 17.2. The van der Waals surface area contributed by atoms with Gasteiger partial charge in [0.05, 0.1) is 21.2 Å². The number of carbonyl (C=O) groups excluding carboxylic acids is 1. The Hall–Kier alpha value is -3.04. The maximum atomic E-state index is 13.2. The average Bonchev–Trinajstić information content (AvgIpc) is 3.09. The lowest BCUT2D eigenvalue weighted by molar-refractivity contribution is -0.137. The molecule has 5 nitrogen and oxygen atoms in total. The van der Waals surface area contributed by atoms with Crippen molar-refractivity contribution in [2.45, 2.75) is 30.5 Å². The largest absolute Gasteiger partial charge is 0.416 e. The number of halogens is 4. The van der Waals surface area contributed by atoms with Gasteiger partial charge in [-0.2, -0.15) is 13.2 Å². The Labute approximate surface area is 193 Å². The third-order valence-electron chi connectivity index (χ3n) is 5.36. The molecule has 0 unspecified atom stereocenters. The molecule has 33 heavy (non-hydrogen) atoms. The van der Waals surface area contributed by atoms with E-state index in [1.807, 2.05) is 31.2 Å². The first kappa shape index (κ1) is 23.1. The van der Waals surface area contributed by atoms with Gasteiger partial charge in [0.2, 0.25) is 0 Å². The number of fused-ring (bicyclic) bond motifs is 1. The second-order valence-electron chi connectivity index (χ2n) is 7.68. The number of anilines is 2. The van der Waals surface area contributed by atoms with E-state index in [9.17, 15) is 26.4 Å². The number of alkyl halides is 3. The molecule has 0 saturated heterocycles. The quantitative estimate of drug-likeness (QED) is 0.502. The first-order valence-electron chi connectivity index (χ1n) is 9.88. The first-order chi connectivity index (χ1) is 15.5. The molecule has 1 N–H and O–H groups in total. The average molecular weight is 495 g/mol. The Morgan fingerprint density at radius 3 is 2.52 bits per heavy atom. The maximum Gasteiger partial charge on any atom is 0.416 e. The van der Waals surface area contributed by atoms with Gasteiger partial charge < -0.3 is 4.90 Å². The van der Waals surface area contributed by atoms with Crippen LogP contribution in [0.5, 0.6) is 0 Å². The van der Waals surface area contributed by atoms with Gasteiger partial charge in [-0.15, -0.1) is 0 Å². The maximum absolute atomic E-state index is 13.2. The summed E-state index contributed by atoms with van der Waals surface area (Å²) < 4.78 is 66.9. The summed E-state index contributed by atoms with van der Waals surface area (Å²) in [6.07, 6.45) is -3.99. The minimum Gasteiger partial charge on any atom is -0.305 e. The van der Waals surface area contributed by atoms with Gasteiger partial charge >= 0.3 is 6.18 Å². The van der Waals surface area contributed by atoms with Gasteiger partial charge in [-0.05, 0) is 61.4 Å². The minimum absolute atomic E-state index is 0.114. The first-order valence-corrected chi connectivity index (χ1v) is 11.7. The van der Waals surface area contributed by atoms with Crippen LogP contribution in [0.15, 0.2) is 71.6 Å². The van der Waals surface area contributed by atoms with Crippen molar-refractivity contribution in [3.8, 4) is 0 Å². The molecule has 0 aliphatic carbocycles. The minimum atomic E-state index is -4.67. The van der Waals surface area contributed by atoms with E-state index in [0.717, 1.165) is 23.4 Å². The normalized spacial score (nSPS) is 15.9. The highest BCUT2D eigenvalue weighted by Gasteiger charge is 2.33. The SMILES string of the molecule is C[C@H]1Cc2ccccc2N1C(=O)c1cccc(S(=O)(=O)Nc2cc(C(F)(F)F)ccc2Cl)c1. The lowest BCUT2D eigenvalue weighted by atomic mass is 10.1. The molecule has 1 aliphatic rings. The van der Waals surface area contributed by atoms with Crippen LogP contribution < -0.4 is 9.62 Å². The molecule has 0 fully saturated rings. The number of para-hydroxylation sites is 1. The third-order valence-corrected chi connectivity index (χ3v) is 7.05. The number of nitrogens with zero attached hydrogens (tertiary/aromatic N) is 1. The van der Waals surface area contributed by atoms with Crippen LogP contribution in [0, 0.1) is 0 Å². The van der Waals surface area contributed by atoms with Crippen LogP contribution in [0.2, 0.25) is 5.02 Å². The van der Waals surface area contributed by atoms with Crippen molar-refractivity contribution in [1.82, 2.24) is 0 Å². The molecule has 1 atom stereocenters. The molecule has 1 amide bonds. The number of amides is 1. The number of benzene rings is 3. The van der Waals surface area contributed by atoms with Crippen molar-refractivity contribution in [3.05, 3.63) is 88.4 Å². The van der Waals surface area contributed by atoms with Crippen LogP contribution in [0.3, 0.4) is 0 Å². The zero-order valence-corrected chi connectivity index (χ0v) is 18.8. The molecule has 0 bridgehead atoms. The van der Waals surface area contributed by atoms with E-state index in [1.165, 1.54) is 24.3 Å². The predicted octanol–water partition coefficient (Wildman–Crippen LogP) is 5.75. The Morgan fingerprint density at radius 1 is 1.06 bits per heavy atom. The summed E-state index contributed by atoms with van der Waals surface area (Å²) in [5.74, 6) is -0.374. The molecule has 0 radical (unpaired) electrons. The predicted molar refractivity (Wildman–Crippen MR) is 120 cm³/mol. The lowest BCUT2D eigenvalue weighted by Gasteiger charge is -2.23. The van der Waals surface area contributed by atoms with E-state index in [1.54, 1.807) is 4.90 Å². The molecule has 3 aromatic rings. The number of carbonyl (C=O) groups is 1. The molecule has 1 heterocycles. The number of hydrogen-bond acceptors (Lipinski definition) is 3. The fourth-order valence-electron chi connectivity index (χ4n) is 3.79. The van der Waals surface area contributed by atoms with Gasteiger partial charge in [-0.1, -0.05) is 35.9 Å². The Kier molecular flexibility index (Phi) is 5.88.